The molecule has 0 aliphatic carbocycles. The maximum atomic E-state index is 9.90. The molecule has 3 rings (SSSR count). The van der Waals surface area contributed by atoms with Crippen LogP contribution in [0.15, 0.2) is 24.4 Å². The molecular weight excluding hydrogens is 338 g/mol. The minimum Gasteiger partial charge on any atom is -0.493 e. The van der Waals surface area contributed by atoms with Crippen LogP contribution in [0.3, 0.4) is 0 Å². The number of rotatable bonds is 5. The van der Waals surface area contributed by atoms with Crippen molar-refractivity contribution in [2.24, 2.45) is 0 Å². The van der Waals surface area contributed by atoms with Crippen molar-refractivity contribution in [1.82, 2.24) is 14.9 Å². The quantitative estimate of drug-likeness (QED) is 0.537. The van der Waals surface area contributed by atoms with Crippen LogP contribution in [-0.2, 0) is 0 Å². The van der Waals surface area contributed by atoms with E-state index in [0.717, 1.165) is 46.1 Å². The average Bonchev–Trinajstić information content (AvgIpc) is 2.94. The zero-order valence-electron chi connectivity index (χ0n) is 16.7. The Labute approximate surface area is 160 Å². The number of aryl methyl sites for hydroxylation is 1. The number of fused-ring (bicyclic) bond motifs is 3. The summed E-state index contributed by atoms with van der Waals surface area (Å²) in [6, 6.07) is 6.11. The molecule has 3 aromatic rings. The van der Waals surface area contributed by atoms with Gasteiger partial charge in [-0.05, 0) is 64.9 Å². The Bertz CT molecular complexity index is 1020. The lowest BCUT2D eigenvalue weighted by molar-refractivity contribution is 0.143. The van der Waals surface area contributed by atoms with E-state index in [0.29, 0.717) is 12.3 Å². The van der Waals surface area contributed by atoms with Crippen molar-refractivity contribution >= 4 is 21.8 Å². The van der Waals surface area contributed by atoms with Gasteiger partial charge in [-0.15, -0.1) is 0 Å². The Morgan fingerprint density at radius 1 is 1.26 bits per heavy atom. The van der Waals surface area contributed by atoms with Gasteiger partial charge in [-0.3, -0.25) is 0 Å². The molecule has 0 fully saturated rings. The molecule has 0 bridgehead atoms. The van der Waals surface area contributed by atoms with Gasteiger partial charge in [-0.1, -0.05) is 5.92 Å². The van der Waals surface area contributed by atoms with Gasteiger partial charge in [0.1, 0.15) is 17.0 Å². The standard InChI is InChI=1S/C22H27N3O2/c1-15-13-16-19(14-20(15)27-12-6-11-25(4)5)24-18-8-10-23-17(21(16)18)7-9-22(2,3)26/h8,10,13-14,24,26H,6,11-12H2,1-5H3. The number of pyridine rings is 1. The number of ether oxygens (including phenoxy) is 1. The topological polar surface area (TPSA) is 61.4 Å². The molecular formula is C22H27N3O2. The van der Waals surface area contributed by atoms with Gasteiger partial charge in [0.15, 0.2) is 0 Å². The molecule has 27 heavy (non-hydrogen) atoms. The summed E-state index contributed by atoms with van der Waals surface area (Å²) in [5.74, 6) is 6.77. The van der Waals surface area contributed by atoms with Gasteiger partial charge >= 0.3 is 0 Å². The van der Waals surface area contributed by atoms with Gasteiger partial charge in [0.05, 0.1) is 17.6 Å². The van der Waals surface area contributed by atoms with Crippen molar-refractivity contribution in [3.63, 3.8) is 0 Å². The molecule has 142 valence electrons. The molecule has 0 unspecified atom stereocenters. The summed E-state index contributed by atoms with van der Waals surface area (Å²) >= 11 is 0. The molecule has 5 nitrogen and oxygen atoms in total. The van der Waals surface area contributed by atoms with Gasteiger partial charge in [-0.25, -0.2) is 4.98 Å². The van der Waals surface area contributed by atoms with Crippen LogP contribution < -0.4 is 4.74 Å². The number of aromatic nitrogens is 2. The van der Waals surface area contributed by atoms with Gasteiger partial charge in [0, 0.05) is 29.6 Å². The zero-order chi connectivity index (χ0) is 19.6. The Kier molecular flexibility index (Phi) is 5.41. The summed E-state index contributed by atoms with van der Waals surface area (Å²) in [6.45, 7) is 7.08. The summed E-state index contributed by atoms with van der Waals surface area (Å²) in [4.78, 5) is 10.0. The van der Waals surface area contributed by atoms with Crippen LogP contribution in [-0.4, -0.2) is 52.8 Å². The lowest BCUT2D eigenvalue weighted by atomic mass is 10.1. The Balaban J connectivity index is 1.99. The van der Waals surface area contributed by atoms with E-state index in [1.165, 1.54) is 0 Å². The van der Waals surface area contributed by atoms with Crippen molar-refractivity contribution in [2.75, 3.05) is 27.2 Å². The summed E-state index contributed by atoms with van der Waals surface area (Å²) in [5, 5.41) is 11.9. The van der Waals surface area contributed by atoms with Gasteiger partial charge < -0.3 is 19.7 Å². The fourth-order valence-corrected chi connectivity index (χ4v) is 3.01. The average molecular weight is 365 g/mol. The van der Waals surface area contributed by atoms with Crippen LogP contribution in [0.25, 0.3) is 21.8 Å². The number of hydrogen-bond acceptors (Lipinski definition) is 4. The van der Waals surface area contributed by atoms with Gasteiger partial charge in [0.25, 0.3) is 0 Å². The van der Waals surface area contributed by atoms with Crippen LogP contribution in [0.2, 0.25) is 0 Å². The van der Waals surface area contributed by atoms with Crippen molar-refractivity contribution < 1.29 is 9.84 Å². The third-order valence-electron chi connectivity index (χ3n) is 4.30. The number of aliphatic hydroxyl groups is 1. The lowest BCUT2D eigenvalue weighted by Gasteiger charge is -2.12. The highest BCUT2D eigenvalue weighted by molar-refractivity contribution is 6.10. The second kappa shape index (κ2) is 7.59. The first-order valence-corrected chi connectivity index (χ1v) is 9.19. The Hall–Kier alpha value is -2.55. The first-order valence-electron chi connectivity index (χ1n) is 9.19. The largest absolute Gasteiger partial charge is 0.493 e. The number of hydrogen-bond donors (Lipinski definition) is 2. The Morgan fingerprint density at radius 3 is 2.74 bits per heavy atom. The van der Waals surface area contributed by atoms with E-state index in [-0.39, 0.29) is 0 Å². The number of nitrogens with zero attached hydrogens (tertiary/aromatic N) is 2. The second-order valence-electron chi connectivity index (χ2n) is 7.68. The summed E-state index contributed by atoms with van der Waals surface area (Å²) < 4.78 is 5.99. The third kappa shape index (κ3) is 4.60. The highest BCUT2D eigenvalue weighted by atomic mass is 16.5. The maximum Gasteiger partial charge on any atom is 0.124 e. The predicted octanol–water partition coefficient (Wildman–Crippen LogP) is 3.48. The SMILES string of the molecule is Cc1cc2c(cc1OCCCN(C)C)[nH]c1ccnc(C#CC(C)(C)O)c12. The van der Waals surface area contributed by atoms with Crippen LogP contribution in [0.1, 0.15) is 31.5 Å². The molecule has 0 saturated carbocycles. The van der Waals surface area contributed by atoms with E-state index in [2.05, 4.69) is 53.8 Å². The van der Waals surface area contributed by atoms with E-state index >= 15 is 0 Å². The van der Waals surface area contributed by atoms with E-state index in [4.69, 9.17) is 4.74 Å². The molecule has 5 heteroatoms. The molecule has 0 aliphatic heterocycles. The lowest BCUT2D eigenvalue weighted by Crippen LogP contribution is -2.15. The fourth-order valence-electron chi connectivity index (χ4n) is 3.01. The molecule has 0 spiro atoms. The monoisotopic (exact) mass is 365 g/mol. The molecule has 0 amide bonds. The van der Waals surface area contributed by atoms with E-state index in [9.17, 15) is 5.11 Å². The Morgan fingerprint density at radius 2 is 2.04 bits per heavy atom. The molecule has 2 heterocycles. The second-order valence-corrected chi connectivity index (χ2v) is 7.68. The third-order valence-corrected chi connectivity index (χ3v) is 4.30. The summed E-state index contributed by atoms with van der Waals surface area (Å²) in [5.41, 5.74) is 2.67. The molecule has 2 aromatic heterocycles. The molecule has 0 aliphatic rings. The number of H-pyrrole nitrogens is 1. The molecule has 0 atom stereocenters. The highest BCUT2D eigenvalue weighted by Gasteiger charge is 2.13. The minimum atomic E-state index is -1.06. The van der Waals surface area contributed by atoms with E-state index in [1.807, 2.05) is 12.1 Å². The fraction of sp³-hybridized carbons (Fsp3) is 0.409. The van der Waals surface area contributed by atoms with Gasteiger partial charge in [0.2, 0.25) is 0 Å². The molecule has 2 N–H and O–H groups in total. The normalized spacial score (nSPS) is 11.8. The van der Waals surface area contributed by atoms with Crippen molar-refractivity contribution in [2.45, 2.75) is 32.8 Å². The van der Waals surface area contributed by atoms with Crippen molar-refractivity contribution in [1.29, 1.82) is 0 Å². The van der Waals surface area contributed by atoms with Gasteiger partial charge in [-0.2, -0.15) is 0 Å². The van der Waals surface area contributed by atoms with Crippen LogP contribution in [0, 0.1) is 18.8 Å². The number of nitrogens with one attached hydrogen (secondary N) is 1. The van der Waals surface area contributed by atoms with Crippen molar-refractivity contribution in [3.05, 3.63) is 35.7 Å². The summed E-state index contributed by atoms with van der Waals surface area (Å²) in [6.07, 6.45) is 2.72. The maximum absolute atomic E-state index is 9.90. The first kappa shape index (κ1) is 19.2. The smallest absolute Gasteiger partial charge is 0.124 e. The minimum absolute atomic E-state index is 0.667. The first-order chi connectivity index (χ1) is 12.7. The predicted molar refractivity (Wildman–Crippen MR) is 110 cm³/mol. The van der Waals surface area contributed by atoms with Crippen LogP contribution in [0.5, 0.6) is 5.75 Å². The van der Waals surface area contributed by atoms with E-state index in [1.54, 1.807) is 20.0 Å². The van der Waals surface area contributed by atoms with Crippen molar-refractivity contribution in [3.8, 4) is 17.6 Å². The molecule has 0 saturated heterocycles. The number of aromatic amines is 1. The number of benzene rings is 1. The summed E-state index contributed by atoms with van der Waals surface area (Å²) in [7, 11) is 4.13. The molecule has 1 aromatic carbocycles. The molecule has 0 radical (unpaired) electrons. The van der Waals surface area contributed by atoms with Crippen LogP contribution in [0.4, 0.5) is 0 Å². The van der Waals surface area contributed by atoms with Crippen LogP contribution >= 0.6 is 0 Å². The highest BCUT2D eigenvalue weighted by Crippen LogP contribution is 2.32. The zero-order valence-corrected chi connectivity index (χ0v) is 16.7. The van der Waals surface area contributed by atoms with E-state index < -0.39 is 5.60 Å².